The number of nitrogens with zero attached hydrogens (tertiary/aromatic N) is 1. The molecule has 0 fully saturated rings. The molecule has 0 heterocycles. The summed E-state index contributed by atoms with van der Waals surface area (Å²) in [5.41, 5.74) is 0.784. The standard InChI is InChI=1S/C14H8BrNO2S/c15-12-6-5-10(7-11(12)14(17)18)19-13-4-2-1-3-9(13)8-16/h1-7H,(H,17,18). The van der Waals surface area contributed by atoms with E-state index in [4.69, 9.17) is 10.4 Å². The smallest absolute Gasteiger partial charge is 0.336 e. The summed E-state index contributed by atoms with van der Waals surface area (Å²) in [6.07, 6.45) is 0. The quantitative estimate of drug-likeness (QED) is 0.915. The number of halogens is 1. The van der Waals surface area contributed by atoms with Gasteiger partial charge in [0.2, 0.25) is 0 Å². The Morgan fingerprint density at radius 1 is 1.26 bits per heavy atom. The van der Waals surface area contributed by atoms with Gasteiger partial charge >= 0.3 is 5.97 Å². The van der Waals surface area contributed by atoms with Gasteiger partial charge in [-0.2, -0.15) is 5.26 Å². The molecule has 5 heteroatoms. The van der Waals surface area contributed by atoms with Crippen LogP contribution < -0.4 is 0 Å². The SMILES string of the molecule is N#Cc1ccccc1Sc1ccc(Br)c(C(=O)O)c1. The van der Waals surface area contributed by atoms with E-state index < -0.39 is 5.97 Å². The summed E-state index contributed by atoms with van der Waals surface area (Å²) < 4.78 is 0.540. The van der Waals surface area contributed by atoms with E-state index in [1.165, 1.54) is 11.8 Å². The molecule has 0 atom stereocenters. The maximum atomic E-state index is 11.1. The Kier molecular flexibility index (Phi) is 4.25. The summed E-state index contributed by atoms with van der Waals surface area (Å²) in [7, 11) is 0. The molecular weight excluding hydrogens is 326 g/mol. The third kappa shape index (κ3) is 3.16. The minimum absolute atomic E-state index is 0.208. The van der Waals surface area contributed by atoms with Crippen LogP contribution in [0.3, 0.4) is 0 Å². The van der Waals surface area contributed by atoms with Gasteiger partial charge in [0.05, 0.1) is 11.1 Å². The van der Waals surface area contributed by atoms with Crippen molar-refractivity contribution in [2.24, 2.45) is 0 Å². The number of aromatic carboxylic acids is 1. The Morgan fingerprint density at radius 3 is 2.68 bits per heavy atom. The van der Waals surface area contributed by atoms with Crippen LogP contribution in [0.1, 0.15) is 15.9 Å². The van der Waals surface area contributed by atoms with Gasteiger partial charge in [-0.3, -0.25) is 0 Å². The Bertz CT molecular complexity index is 679. The van der Waals surface area contributed by atoms with Crippen molar-refractivity contribution < 1.29 is 9.90 Å². The van der Waals surface area contributed by atoms with Crippen molar-refractivity contribution in [3.05, 3.63) is 58.1 Å². The zero-order valence-electron chi connectivity index (χ0n) is 9.63. The van der Waals surface area contributed by atoms with Crippen LogP contribution in [-0.2, 0) is 0 Å². The molecule has 0 aliphatic carbocycles. The van der Waals surface area contributed by atoms with Crippen LogP contribution in [-0.4, -0.2) is 11.1 Å². The second-order valence-corrected chi connectivity index (χ2v) is 5.63. The Morgan fingerprint density at radius 2 is 2.00 bits per heavy atom. The van der Waals surface area contributed by atoms with E-state index >= 15 is 0 Å². The zero-order chi connectivity index (χ0) is 13.8. The molecule has 0 bridgehead atoms. The third-order valence-electron chi connectivity index (χ3n) is 2.40. The lowest BCUT2D eigenvalue weighted by Crippen LogP contribution is -1.97. The minimum atomic E-state index is -0.983. The maximum absolute atomic E-state index is 11.1. The van der Waals surface area contributed by atoms with E-state index in [0.29, 0.717) is 10.0 Å². The van der Waals surface area contributed by atoms with E-state index in [0.717, 1.165) is 9.79 Å². The maximum Gasteiger partial charge on any atom is 0.336 e. The predicted molar refractivity (Wildman–Crippen MR) is 76.4 cm³/mol. The Hall–Kier alpha value is -1.77. The van der Waals surface area contributed by atoms with Crippen molar-refractivity contribution in [1.82, 2.24) is 0 Å². The monoisotopic (exact) mass is 333 g/mol. The lowest BCUT2D eigenvalue weighted by molar-refractivity contribution is 0.0695. The van der Waals surface area contributed by atoms with E-state index in [2.05, 4.69) is 22.0 Å². The second-order valence-electron chi connectivity index (χ2n) is 3.66. The highest BCUT2D eigenvalue weighted by Crippen LogP contribution is 2.32. The number of carboxylic acid groups (broad SMARTS) is 1. The number of hydrogen-bond donors (Lipinski definition) is 1. The first kappa shape index (κ1) is 13.7. The number of carbonyl (C=O) groups is 1. The molecule has 94 valence electrons. The van der Waals surface area contributed by atoms with Crippen molar-refractivity contribution in [1.29, 1.82) is 5.26 Å². The molecule has 0 aromatic heterocycles. The average Bonchev–Trinajstić information content (AvgIpc) is 2.41. The molecule has 2 aromatic rings. The summed E-state index contributed by atoms with van der Waals surface area (Å²) >= 11 is 4.57. The van der Waals surface area contributed by atoms with Crippen LogP contribution >= 0.6 is 27.7 Å². The van der Waals surface area contributed by atoms with Crippen molar-refractivity contribution in [2.75, 3.05) is 0 Å². The summed E-state index contributed by atoms with van der Waals surface area (Å²) in [6.45, 7) is 0. The average molecular weight is 334 g/mol. The minimum Gasteiger partial charge on any atom is -0.478 e. The first-order chi connectivity index (χ1) is 9.11. The fraction of sp³-hybridized carbons (Fsp3) is 0. The molecule has 0 aliphatic rings. The summed E-state index contributed by atoms with van der Waals surface area (Å²) in [6, 6.07) is 14.4. The Labute approximate surface area is 123 Å². The van der Waals surface area contributed by atoms with Crippen molar-refractivity contribution in [3.63, 3.8) is 0 Å². The molecule has 2 aromatic carbocycles. The van der Waals surface area contributed by atoms with Crippen LogP contribution in [0.25, 0.3) is 0 Å². The van der Waals surface area contributed by atoms with Crippen LogP contribution in [0.5, 0.6) is 0 Å². The summed E-state index contributed by atoms with van der Waals surface area (Å²) in [4.78, 5) is 12.6. The molecule has 0 aliphatic heterocycles. The van der Waals surface area contributed by atoms with E-state index in [1.807, 2.05) is 18.2 Å². The number of benzene rings is 2. The molecule has 0 spiro atoms. The van der Waals surface area contributed by atoms with Gasteiger partial charge in [0, 0.05) is 14.3 Å². The number of hydrogen-bond acceptors (Lipinski definition) is 3. The van der Waals surface area contributed by atoms with Gasteiger partial charge in [-0.15, -0.1) is 0 Å². The van der Waals surface area contributed by atoms with Gasteiger partial charge in [-0.05, 0) is 46.3 Å². The van der Waals surface area contributed by atoms with E-state index in [-0.39, 0.29) is 5.56 Å². The molecule has 1 N–H and O–H groups in total. The molecule has 0 amide bonds. The molecule has 3 nitrogen and oxygen atoms in total. The van der Waals surface area contributed by atoms with Gasteiger partial charge in [-0.1, -0.05) is 23.9 Å². The number of rotatable bonds is 3. The molecular formula is C14H8BrNO2S. The van der Waals surface area contributed by atoms with Gasteiger partial charge < -0.3 is 5.11 Å². The molecule has 2 rings (SSSR count). The van der Waals surface area contributed by atoms with Gasteiger partial charge in [0.1, 0.15) is 6.07 Å². The molecule has 0 saturated carbocycles. The van der Waals surface area contributed by atoms with Crippen LogP contribution in [0.4, 0.5) is 0 Å². The van der Waals surface area contributed by atoms with Gasteiger partial charge in [-0.25, -0.2) is 4.79 Å². The fourth-order valence-electron chi connectivity index (χ4n) is 1.51. The van der Waals surface area contributed by atoms with E-state index in [1.54, 1.807) is 24.3 Å². The first-order valence-electron chi connectivity index (χ1n) is 5.31. The predicted octanol–water partition coefficient (Wildman–Crippen LogP) is 4.17. The van der Waals surface area contributed by atoms with Crippen molar-refractivity contribution in [3.8, 4) is 6.07 Å². The highest BCUT2D eigenvalue weighted by molar-refractivity contribution is 9.10. The van der Waals surface area contributed by atoms with Crippen LogP contribution in [0.15, 0.2) is 56.7 Å². The molecule has 0 saturated heterocycles. The van der Waals surface area contributed by atoms with E-state index in [9.17, 15) is 4.79 Å². The number of carboxylic acids is 1. The fourth-order valence-corrected chi connectivity index (χ4v) is 2.86. The molecule has 19 heavy (non-hydrogen) atoms. The molecule has 0 unspecified atom stereocenters. The topological polar surface area (TPSA) is 61.1 Å². The van der Waals surface area contributed by atoms with Crippen molar-refractivity contribution in [2.45, 2.75) is 9.79 Å². The normalized spacial score (nSPS) is 9.89. The van der Waals surface area contributed by atoms with Gasteiger partial charge in [0.15, 0.2) is 0 Å². The lowest BCUT2D eigenvalue weighted by Gasteiger charge is -2.06. The highest BCUT2D eigenvalue weighted by atomic mass is 79.9. The largest absolute Gasteiger partial charge is 0.478 e. The first-order valence-corrected chi connectivity index (χ1v) is 6.92. The highest BCUT2D eigenvalue weighted by Gasteiger charge is 2.10. The zero-order valence-corrected chi connectivity index (χ0v) is 12.0. The lowest BCUT2D eigenvalue weighted by atomic mass is 10.2. The Balaban J connectivity index is 2.37. The summed E-state index contributed by atoms with van der Waals surface area (Å²) in [5, 5.41) is 18.1. The van der Waals surface area contributed by atoms with Crippen LogP contribution in [0.2, 0.25) is 0 Å². The summed E-state index contributed by atoms with van der Waals surface area (Å²) in [5.74, 6) is -0.983. The number of nitriles is 1. The third-order valence-corrected chi connectivity index (χ3v) is 4.16. The molecule has 0 radical (unpaired) electrons. The van der Waals surface area contributed by atoms with Gasteiger partial charge in [0.25, 0.3) is 0 Å². The van der Waals surface area contributed by atoms with Crippen molar-refractivity contribution >= 4 is 33.7 Å². The van der Waals surface area contributed by atoms with Crippen LogP contribution in [0, 0.1) is 11.3 Å². The second kappa shape index (κ2) is 5.91.